The molecule has 0 bridgehead atoms. The van der Waals surface area contributed by atoms with Gasteiger partial charge in [0.05, 0.1) is 5.69 Å². The number of aromatic amines is 1. The van der Waals surface area contributed by atoms with E-state index in [4.69, 9.17) is 11.6 Å². The van der Waals surface area contributed by atoms with Crippen molar-refractivity contribution >= 4 is 11.6 Å². The van der Waals surface area contributed by atoms with Crippen LogP contribution in [-0.4, -0.2) is 9.97 Å². The number of benzene rings is 1. The molecule has 1 saturated carbocycles. The molecule has 20 heavy (non-hydrogen) atoms. The highest BCUT2D eigenvalue weighted by Gasteiger charge is 2.20. The van der Waals surface area contributed by atoms with E-state index in [1.54, 1.807) is 6.07 Å². The van der Waals surface area contributed by atoms with Gasteiger partial charge in [-0.2, -0.15) is 0 Å². The predicted octanol–water partition coefficient (Wildman–Crippen LogP) is 4.06. The van der Waals surface area contributed by atoms with Gasteiger partial charge in [-0.3, -0.25) is 4.79 Å². The van der Waals surface area contributed by atoms with Crippen LogP contribution < -0.4 is 5.56 Å². The van der Waals surface area contributed by atoms with Gasteiger partial charge in [-0.25, -0.2) is 4.98 Å². The average Bonchev–Trinajstić information content (AvgIpc) is 2.91. The van der Waals surface area contributed by atoms with Crippen molar-refractivity contribution in [2.75, 3.05) is 0 Å². The molecule has 1 aromatic carbocycles. The molecule has 0 amide bonds. The van der Waals surface area contributed by atoms with E-state index in [1.807, 2.05) is 25.1 Å². The quantitative estimate of drug-likeness (QED) is 0.906. The van der Waals surface area contributed by atoms with Gasteiger partial charge in [-0.15, -0.1) is 0 Å². The van der Waals surface area contributed by atoms with E-state index in [9.17, 15) is 4.79 Å². The molecule has 3 rings (SSSR count). The number of rotatable bonds is 2. The van der Waals surface area contributed by atoms with E-state index in [-0.39, 0.29) is 5.56 Å². The number of nitrogens with one attached hydrogen (secondary N) is 1. The monoisotopic (exact) mass is 288 g/mol. The van der Waals surface area contributed by atoms with E-state index < -0.39 is 0 Å². The summed E-state index contributed by atoms with van der Waals surface area (Å²) in [6.07, 6.45) is 4.73. The molecule has 0 radical (unpaired) electrons. The Hall–Kier alpha value is -1.61. The normalized spacial score (nSPS) is 15.7. The molecule has 3 nitrogen and oxygen atoms in total. The summed E-state index contributed by atoms with van der Waals surface area (Å²) < 4.78 is 0. The summed E-state index contributed by atoms with van der Waals surface area (Å²) in [5.74, 6) is 1.08. The molecule has 0 unspecified atom stereocenters. The van der Waals surface area contributed by atoms with Crippen molar-refractivity contribution in [3.8, 4) is 11.4 Å². The first-order valence-corrected chi connectivity index (χ1v) is 7.39. The maximum absolute atomic E-state index is 11.9. The van der Waals surface area contributed by atoms with Crippen LogP contribution in [0.15, 0.2) is 29.1 Å². The number of hydrogen-bond acceptors (Lipinski definition) is 2. The van der Waals surface area contributed by atoms with Crippen LogP contribution in [0.25, 0.3) is 11.4 Å². The zero-order valence-electron chi connectivity index (χ0n) is 11.4. The second-order valence-electron chi connectivity index (χ2n) is 5.46. The summed E-state index contributed by atoms with van der Waals surface area (Å²) in [6.45, 7) is 1.98. The number of aromatic nitrogens is 2. The van der Waals surface area contributed by atoms with Crippen molar-refractivity contribution < 1.29 is 0 Å². The molecule has 1 aromatic heterocycles. The first kappa shape index (κ1) is 13.4. The smallest absolute Gasteiger partial charge is 0.251 e. The summed E-state index contributed by atoms with van der Waals surface area (Å²) in [7, 11) is 0. The van der Waals surface area contributed by atoms with Gasteiger partial charge in [0, 0.05) is 22.6 Å². The molecule has 104 valence electrons. The third-order valence-electron chi connectivity index (χ3n) is 3.98. The Kier molecular flexibility index (Phi) is 3.62. The van der Waals surface area contributed by atoms with Gasteiger partial charge in [-0.1, -0.05) is 24.4 Å². The molecule has 0 spiro atoms. The Labute approximate surface area is 123 Å². The van der Waals surface area contributed by atoms with Gasteiger partial charge in [0.2, 0.25) is 0 Å². The summed E-state index contributed by atoms with van der Waals surface area (Å²) in [6, 6.07) is 7.27. The Balaban J connectivity index is 2.07. The molecule has 0 atom stereocenters. The van der Waals surface area contributed by atoms with Crippen molar-refractivity contribution in [2.24, 2.45) is 0 Å². The van der Waals surface area contributed by atoms with Gasteiger partial charge in [-0.05, 0) is 43.5 Å². The standard InChI is InChI=1S/C16H17ClN2O/c1-10-8-12(17)6-7-13(10)16-18-14(9-15(20)19-16)11-4-2-3-5-11/h6-9,11H,2-5H2,1H3,(H,18,19,20). The van der Waals surface area contributed by atoms with Crippen molar-refractivity contribution in [3.63, 3.8) is 0 Å². The number of H-pyrrole nitrogens is 1. The highest BCUT2D eigenvalue weighted by molar-refractivity contribution is 6.30. The highest BCUT2D eigenvalue weighted by Crippen LogP contribution is 2.33. The van der Waals surface area contributed by atoms with E-state index in [0.29, 0.717) is 16.8 Å². The number of halogens is 1. The van der Waals surface area contributed by atoms with E-state index in [1.165, 1.54) is 12.8 Å². The van der Waals surface area contributed by atoms with Crippen LogP contribution in [0.3, 0.4) is 0 Å². The molecule has 1 heterocycles. The summed E-state index contributed by atoms with van der Waals surface area (Å²) in [5, 5.41) is 0.695. The SMILES string of the molecule is Cc1cc(Cl)ccc1-c1nc(C2CCCC2)cc(=O)[nH]1. The van der Waals surface area contributed by atoms with Gasteiger partial charge >= 0.3 is 0 Å². The largest absolute Gasteiger partial charge is 0.307 e. The Morgan fingerprint density at radius 2 is 2.00 bits per heavy atom. The second-order valence-corrected chi connectivity index (χ2v) is 5.90. The van der Waals surface area contributed by atoms with Gasteiger partial charge < -0.3 is 4.98 Å². The molecular formula is C16H17ClN2O. The molecule has 1 fully saturated rings. The third-order valence-corrected chi connectivity index (χ3v) is 4.21. The summed E-state index contributed by atoms with van der Waals surface area (Å²) >= 11 is 5.98. The lowest BCUT2D eigenvalue weighted by molar-refractivity contribution is 0.693. The Morgan fingerprint density at radius 1 is 1.25 bits per heavy atom. The van der Waals surface area contributed by atoms with E-state index >= 15 is 0 Å². The number of hydrogen-bond donors (Lipinski definition) is 1. The predicted molar refractivity (Wildman–Crippen MR) is 81.2 cm³/mol. The molecule has 1 aliphatic rings. The fraction of sp³-hybridized carbons (Fsp3) is 0.375. The van der Waals surface area contributed by atoms with E-state index in [2.05, 4.69) is 9.97 Å². The molecule has 0 aliphatic heterocycles. The summed E-state index contributed by atoms with van der Waals surface area (Å²) in [4.78, 5) is 19.4. The minimum Gasteiger partial charge on any atom is -0.307 e. The van der Waals surface area contributed by atoms with Gasteiger partial charge in [0.1, 0.15) is 5.82 Å². The summed E-state index contributed by atoms with van der Waals surface area (Å²) in [5.41, 5.74) is 2.80. The van der Waals surface area contributed by atoms with E-state index in [0.717, 1.165) is 29.7 Å². The molecule has 4 heteroatoms. The molecule has 1 N–H and O–H groups in total. The number of aryl methyl sites for hydroxylation is 1. The van der Waals surface area contributed by atoms with Gasteiger partial charge in [0.15, 0.2) is 0 Å². The third kappa shape index (κ3) is 2.63. The van der Waals surface area contributed by atoms with Crippen molar-refractivity contribution in [1.29, 1.82) is 0 Å². The van der Waals surface area contributed by atoms with Crippen molar-refractivity contribution in [3.05, 3.63) is 50.9 Å². The Morgan fingerprint density at radius 3 is 2.70 bits per heavy atom. The first-order valence-electron chi connectivity index (χ1n) is 7.01. The maximum Gasteiger partial charge on any atom is 0.251 e. The van der Waals surface area contributed by atoms with Crippen molar-refractivity contribution in [2.45, 2.75) is 38.5 Å². The molecule has 2 aromatic rings. The Bertz CT molecular complexity index is 687. The fourth-order valence-electron chi connectivity index (χ4n) is 2.93. The lowest BCUT2D eigenvalue weighted by Crippen LogP contribution is -2.12. The fourth-order valence-corrected chi connectivity index (χ4v) is 3.15. The maximum atomic E-state index is 11.9. The average molecular weight is 289 g/mol. The lowest BCUT2D eigenvalue weighted by atomic mass is 10.0. The second kappa shape index (κ2) is 5.41. The van der Waals surface area contributed by atoms with Crippen LogP contribution in [-0.2, 0) is 0 Å². The minimum absolute atomic E-state index is 0.0775. The van der Waals surface area contributed by atoms with Crippen LogP contribution in [0.4, 0.5) is 0 Å². The van der Waals surface area contributed by atoms with Crippen LogP contribution in [0.1, 0.15) is 42.9 Å². The van der Waals surface area contributed by atoms with Crippen LogP contribution >= 0.6 is 11.6 Å². The first-order chi connectivity index (χ1) is 9.63. The zero-order chi connectivity index (χ0) is 14.1. The van der Waals surface area contributed by atoms with Crippen LogP contribution in [0.5, 0.6) is 0 Å². The van der Waals surface area contributed by atoms with Crippen molar-refractivity contribution in [1.82, 2.24) is 9.97 Å². The van der Waals surface area contributed by atoms with Gasteiger partial charge in [0.25, 0.3) is 5.56 Å². The lowest BCUT2D eigenvalue weighted by Gasteiger charge is -2.11. The molecule has 1 aliphatic carbocycles. The van der Waals surface area contributed by atoms with Crippen LogP contribution in [0, 0.1) is 6.92 Å². The topological polar surface area (TPSA) is 45.8 Å². The molecular weight excluding hydrogens is 272 g/mol. The van der Waals surface area contributed by atoms with Crippen LogP contribution in [0.2, 0.25) is 5.02 Å². The zero-order valence-corrected chi connectivity index (χ0v) is 12.2. The number of nitrogens with zero attached hydrogens (tertiary/aromatic N) is 1. The molecule has 0 saturated heterocycles. The highest BCUT2D eigenvalue weighted by atomic mass is 35.5. The minimum atomic E-state index is -0.0775.